The van der Waals surface area contributed by atoms with E-state index in [2.05, 4.69) is 58.3 Å². The maximum atomic E-state index is 5.93. The lowest BCUT2D eigenvalue weighted by Gasteiger charge is -2.33. The van der Waals surface area contributed by atoms with Crippen LogP contribution in [-0.2, 0) is 13.1 Å². The number of hydrogen-bond donors (Lipinski definition) is 1. The Morgan fingerprint density at radius 3 is 2.60 bits per heavy atom. The van der Waals surface area contributed by atoms with E-state index in [1.165, 1.54) is 12.0 Å². The number of piperazine rings is 1. The molecular formula is C20H28N4O. The monoisotopic (exact) mass is 340 g/mol. The van der Waals surface area contributed by atoms with E-state index >= 15 is 0 Å². The minimum Gasteiger partial charge on any atom is -0.464 e. The molecule has 2 aromatic rings. The highest BCUT2D eigenvalue weighted by Crippen LogP contribution is 2.47. The van der Waals surface area contributed by atoms with Gasteiger partial charge in [0.05, 0.1) is 6.54 Å². The number of pyridine rings is 1. The maximum absolute atomic E-state index is 5.93. The summed E-state index contributed by atoms with van der Waals surface area (Å²) in [4.78, 5) is 9.36. The van der Waals surface area contributed by atoms with Crippen molar-refractivity contribution in [1.29, 1.82) is 0 Å². The second kappa shape index (κ2) is 7.18. The standard InChI is InChI=1S/C20H28N4O/c1-15-11-18(15)19-5-4-17(25-19)14-21-12-16-3-6-20(22-13-16)24-9-7-23(2)8-10-24/h3-6,13,15,18,21H,7-12,14H2,1-2H3/t15-,18-/m0/s1. The first-order valence-corrected chi connectivity index (χ1v) is 9.37. The summed E-state index contributed by atoms with van der Waals surface area (Å²) in [6.07, 6.45) is 3.26. The fourth-order valence-corrected chi connectivity index (χ4v) is 3.48. The van der Waals surface area contributed by atoms with E-state index in [1.54, 1.807) is 0 Å². The van der Waals surface area contributed by atoms with Gasteiger partial charge in [-0.2, -0.15) is 0 Å². The van der Waals surface area contributed by atoms with E-state index in [4.69, 9.17) is 4.42 Å². The fraction of sp³-hybridized carbons (Fsp3) is 0.550. The molecule has 5 heteroatoms. The molecule has 5 nitrogen and oxygen atoms in total. The van der Waals surface area contributed by atoms with Gasteiger partial charge in [0.2, 0.25) is 0 Å². The molecule has 25 heavy (non-hydrogen) atoms. The molecule has 2 atom stereocenters. The van der Waals surface area contributed by atoms with E-state index in [1.807, 2.05) is 6.20 Å². The van der Waals surface area contributed by atoms with Crippen LogP contribution in [0.1, 0.15) is 36.3 Å². The third kappa shape index (κ3) is 4.05. The Morgan fingerprint density at radius 2 is 1.92 bits per heavy atom. The number of hydrogen-bond acceptors (Lipinski definition) is 5. The largest absolute Gasteiger partial charge is 0.464 e. The van der Waals surface area contributed by atoms with Crippen LogP contribution in [0.25, 0.3) is 0 Å². The summed E-state index contributed by atoms with van der Waals surface area (Å²) >= 11 is 0. The lowest BCUT2D eigenvalue weighted by atomic mass is 10.2. The summed E-state index contributed by atoms with van der Waals surface area (Å²) in [7, 11) is 2.17. The highest BCUT2D eigenvalue weighted by molar-refractivity contribution is 5.39. The van der Waals surface area contributed by atoms with Gasteiger partial charge in [-0.3, -0.25) is 0 Å². The van der Waals surface area contributed by atoms with Crippen molar-refractivity contribution in [2.75, 3.05) is 38.1 Å². The molecule has 1 saturated carbocycles. The average molecular weight is 340 g/mol. The first-order chi connectivity index (χ1) is 12.2. The van der Waals surface area contributed by atoms with Crippen molar-refractivity contribution in [3.63, 3.8) is 0 Å². The zero-order chi connectivity index (χ0) is 17.2. The summed E-state index contributed by atoms with van der Waals surface area (Å²) in [5, 5.41) is 3.45. The van der Waals surface area contributed by atoms with Gasteiger partial charge in [-0.1, -0.05) is 13.0 Å². The number of rotatable bonds is 6. The van der Waals surface area contributed by atoms with Crippen LogP contribution in [0.4, 0.5) is 5.82 Å². The maximum Gasteiger partial charge on any atom is 0.128 e. The Hall–Kier alpha value is -1.85. The molecule has 0 bridgehead atoms. The van der Waals surface area contributed by atoms with Gasteiger partial charge in [0, 0.05) is 44.8 Å². The normalized spacial score (nSPS) is 23.8. The third-order valence-electron chi connectivity index (χ3n) is 5.42. The third-order valence-corrected chi connectivity index (χ3v) is 5.42. The Morgan fingerprint density at radius 1 is 1.12 bits per heavy atom. The number of aromatic nitrogens is 1. The predicted octanol–water partition coefficient (Wildman–Crippen LogP) is 2.84. The summed E-state index contributed by atoms with van der Waals surface area (Å²) in [6, 6.07) is 8.55. The van der Waals surface area contributed by atoms with Gasteiger partial charge >= 0.3 is 0 Å². The molecule has 4 rings (SSSR count). The molecule has 0 aromatic carbocycles. The summed E-state index contributed by atoms with van der Waals surface area (Å²) < 4.78 is 5.93. The van der Waals surface area contributed by atoms with Crippen LogP contribution < -0.4 is 10.2 Å². The Kier molecular flexibility index (Phi) is 4.77. The zero-order valence-electron chi connectivity index (χ0n) is 15.2. The second-order valence-electron chi connectivity index (χ2n) is 7.54. The quantitative estimate of drug-likeness (QED) is 0.876. The van der Waals surface area contributed by atoms with Gasteiger partial charge in [0.25, 0.3) is 0 Å². The smallest absolute Gasteiger partial charge is 0.128 e. The van der Waals surface area contributed by atoms with E-state index in [9.17, 15) is 0 Å². The minimum atomic E-state index is 0.653. The number of nitrogens with zero attached hydrogens (tertiary/aromatic N) is 3. The van der Waals surface area contributed by atoms with Crippen molar-refractivity contribution < 1.29 is 4.42 Å². The fourth-order valence-electron chi connectivity index (χ4n) is 3.48. The highest BCUT2D eigenvalue weighted by atomic mass is 16.3. The van der Waals surface area contributed by atoms with Crippen molar-refractivity contribution in [1.82, 2.24) is 15.2 Å². The Labute approximate surface area is 150 Å². The van der Waals surface area contributed by atoms with Gasteiger partial charge in [0.1, 0.15) is 17.3 Å². The van der Waals surface area contributed by atoms with Gasteiger partial charge < -0.3 is 19.5 Å². The topological polar surface area (TPSA) is 44.5 Å². The minimum absolute atomic E-state index is 0.653. The van der Waals surface area contributed by atoms with Crippen LogP contribution >= 0.6 is 0 Å². The first-order valence-electron chi connectivity index (χ1n) is 9.37. The van der Waals surface area contributed by atoms with E-state index in [0.29, 0.717) is 5.92 Å². The van der Waals surface area contributed by atoms with Crippen molar-refractivity contribution >= 4 is 5.82 Å². The summed E-state index contributed by atoms with van der Waals surface area (Å²) in [5.41, 5.74) is 1.21. The summed E-state index contributed by atoms with van der Waals surface area (Å²) in [6.45, 7) is 8.19. The SMILES string of the molecule is C[C@H]1C[C@@H]1c1ccc(CNCc2ccc(N3CCN(C)CC3)nc2)o1. The predicted molar refractivity (Wildman–Crippen MR) is 99.7 cm³/mol. The number of anilines is 1. The van der Waals surface area contributed by atoms with Crippen LogP contribution in [0.15, 0.2) is 34.9 Å². The molecule has 2 aromatic heterocycles. The van der Waals surface area contributed by atoms with E-state index < -0.39 is 0 Å². The van der Waals surface area contributed by atoms with Crippen LogP contribution in [0.5, 0.6) is 0 Å². The molecule has 1 N–H and O–H groups in total. The van der Waals surface area contributed by atoms with Crippen molar-refractivity contribution in [3.05, 3.63) is 47.5 Å². The molecular weight excluding hydrogens is 312 g/mol. The molecule has 0 spiro atoms. The number of likely N-dealkylation sites (N-methyl/N-ethyl adjacent to an activating group) is 1. The highest BCUT2D eigenvalue weighted by Gasteiger charge is 2.36. The molecule has 0 radical (unpaired) electrons. The molecule has 2 aliphatic rings. The number of nitrogens with one attached hydrogen (secondary N) is 1. The average Bonchev–Trinajstić information content (AvgIpc) is 3.17. The van der Waals surface area contributed by atoms with Crippen LogP contribution in [0.3, 0.4) is 0 Å². The second-order valence-corrected chi connectivity index (χ2v) is 7.54. The summed E-state index contributed by atoms with van der Waals surface area (Å²) in [5.74, 6) is 4.71. The Balaban J connectivity index is 1.25. The van der Waals surface area contributed by atoms with Gasteiger partial charge in [0.15, 0.2) is 0 Å². The molecule has 0 amide bonds. The molecule has 1 aliphatic carbocycles. The molecule has 2 fully saturated rings. The molecule has 134 valence electrons. The first kappa shape index (κ1) is 16.6. The van der Waals surface area contributed by atoms with Crippen molar-refractivity contribution in [2.45, 2.75) is 32.4 Å². The van der Waals surface area contributed by atoms with Gasteiger partial charge in [-0.05, 0) is 43.1 Å². The Bertz CT molecular complexity index is 688. The van der Waals surface area contributed by atoms with Gasteiger partial charge in [-0.25, -0.2) is 4.98 Å². The van der Waals surface area contributed by atoms with E-state index in [0.717, 1.165) is 62.5 Å². The zero-order valence-corrected chi connectivity index (χ0v) is 15.2. The van der Waals surface area contributed by atoms with Crippen molar-refractivity contribution in [2.24, 2.45) is 5.92 Å². The van der Waals surface area contributed by atoms with Gasteiger partial charge in [-0.15, -0.1) is 0 Å². The molecule has 1 saturated heterocycles. The lowest BCUT2D eigenvalue weighted by molar-refractivity contribution is 0.312. The molecule has 1 aliphatic heterocycles. The lowest BCUT2D eigenvalue weighted by Crippen LogP contribution is -2.44. The molecule has 0 unspecified atom stereocenters. The number of furan rings is 1. The van der Waals surface area contributed by atoms with Crippen LogP contribution in [0.2, 0.25) is 0 Å². The van der Waals surface area contributed by atoms with E-state index in [-0.39, 0.29) is 0 Å². The van der Waals surface area contributed by atoms with Crippen molar-refractivity contribution in [3.8, 4) is 0 Å². The molecule has 3 heterocycles. The van der Waals surface area contributed by atoms with Crippen LogP contribution in [-0.4, -0.2) is 43.1 Å². The van der Waals surface area contributed by atoms with Crippen LogP contribution in [0, 0.1) is 5.92 Å².